The third kappa shape index (κ3) is 3.06. The number of benzene rings is 1. The van der Waals surface area contributed by atoms with Gasteiger partial charge in [-0.3, -0.25) is 14.4 Å². The number of rotatable bonds is 3. The minimum absolute atomic E-state index is 0.0400. The van der Waals surface area contributed by atoms with Crippen LogP contribution < -0.4 is 5.32 Å². The summed E-state index contributed by atoms with van der Waals surface area (Å²) in [6.07, 6.45) is 2.27. The van der Waals surface area contributed by atoms with Crippen molar-refractivity contribution >= 4 is 23.5 Å². The normalized spacial score (nSPS) is 21.8. The van der Waals surface area contributed by atoms with Crippen molar-refractivity contribution in [3.63, 3.8) is 0 Å². The van der Waals surface area contributed by atoms with Crippen molar-refractivity contribution in [2.45, 2.75) is 26.2 Å². The Bertz CT molecular complexity index is 645. The van der Waals surface area contributed by atoms with Crippen molar-refractivity contribution in [1.29, 1.82) is 0 Å². The predicted octanol–water partition coefficient (Wildman–Crippen LogP) is 1.97. The van der Waals surface area contributed by atoms with Crippen molar-refractivity contribution in [2.75, 3.05) is 18.4 Å². The summed E-state index contributed by atoms with van der Waals surface area (Å²) in [4.78, 5) is 36.4. The second-order valence-electron chi connectivity index (χ2n) is 6.51. The van der Waals surface area contributed by atoms with Gasteiger partial charge in [0.25, 0.3) is 5.91 Å². The highest BCUT2D eigenvalue weighted by Gasteiger charge is 2.59. The molecule has 1 aliphatic heterocycles. The van der Waals surface area contributed by atoms with Crippen LogP contribution in [0.4, 0.5) is 5.69 Å². The fraction of sp³-hybridized carbons (Fsp3) is 0.471. The lowest BCUT2D eigenvalue weighted by atomic mass is 9.90. The number of hydrogen-bond acceptors (Lipinski definition) is 3. The molecule has 2 amide bonds. The molecule has 1 saturated heterocycles. The maximum absolute atomic E-state index is 12.5. The Morgan fingerprint density at radius 1 is 1.17 bits per heavy atom. The summed E-state index contributed by atoms with van der Waals surface area (Å²) in [5.74, 6) is -1.13. The summed E-state index contributed by atoms with van der Waals surface area (Å²) in [7, 11) is 0. The van der Waals surface area contributed by atoms with Gasteiger partial charge in [-0.15, -0.1) is 0 Å². The van der Waals surface area contributed by atoms with E-state index in [1.54, 1.807) is 29.2 Å². The van der Waals surface area contributed by atoms with Crippen molar-refractivity contribution in [1.82, 2.24) is 4.90 Å². The summed E-state index contributed by atoms with van der Waals surface area (Å²) in [5.41, 5.74) is 1.17. The molecule has 6 heteroatoms. The Morgan fingerprint density at radius 2 is 1.78 bits per heavy atom. The fourth-order valence-corrected chi connectivity index (χ4v) is 3.49. The highest BCUT2D eigenvalue weighted by Crippen LogP contribution is 2.59. The molecule has 1 unspecified atom stereocenters. The number of amides is 2. The average molecular weight is 316 g/mol. The Morgan fingerprint density at radius 3 is 2.26 bits per heavy atom. The Balaban J connectivity index is 1.59. The van der Waals surface area contributed by atoms with Gasteiger partial charge in [-0.2, -0.15) is 0 Å². The van der Waals surface area contributed by atoms with E-state index < -0.39 is 5.97 Å². The second kappa shape index (κ2) is 5.68. The Hall–Kier alpha value is -2.37. The number of carboxylic acid groups (broad SMARTS) is 1. The number of anilines is 1. The monoisotopic (exact) mass is 316 g/mol. The first-order valence-corrected chi connectivity index (χ1v) is 7.81. The molecule has 1 atom stereocenters. The zero-order valence-electron chi connectivity index (χ0n) is 13.0. The molecule has 1 aliphatic carbocycles. The van der Waals surface area contributed by atoms with Gasteiger partial charge < -0.3 is 15.3 Å². The molecule has 1 saturated carbocycles. The topological polar surface area (TPSA) is 86.7 Å². The number of likely N-dealkylation sites (tertiary alicyclic amines) is 1. The van der Waals surface area contributed by atoms with Gasteiger partial charge in [0.2, 0.25) is 5.91 Å². The number of aliphatic carboxylic acids is 1. The SMILES string of the molecule is CC(=O)Nc1ccc(C(=O)N2CCC3(CC2)CC3C(=O)O)cc1. The van der Waals surface area contributed by atoms with E-state index in [1.807, 2.05) is 0 Å². The van der Waals surface area contributed by atoms with E-state index in [-0.39, 0.29) is 23.1 Å². The second-order valence-corrected chi connectivity index (χ2v) is 6.51. The van der Waals surface area contributed by atoms with Crippen LogP contribution in [-0.4, -0.2) is 40.9 Å². The van der Waals surface area contributed by atoms with Crippen LogP contribution in [0.1, 0.15) is 36.5 Å². The quantitative estimate of drug-likeness (QED) is 0.892. The number of nitrogens with one attached hydrogen (secondary N) is 1. The molecular formula is C17H20N2O4. The van der Waals surface area contributed by atoms with Gasteiger partial charge >= 0.3 is 5.97 Å². The zero-order chi connectivity index (χ0) is 16.6. The molecule has 1 heterocycles. The molecule has 23 heavy (non-hydrogen) atoms. The van der Waals surface area contributed by atoms with Crippen molar-refractivity contribution in [3.05, 3.63) is 29.8 Å². The first kappa shape index (κ1) is 15.5. The van der Waals surface area contributed by atoms with Gasteiger partial charge in [-0.1, -0.05) is 0 Å². The Labute approximate surface area is 134 Å². The highest BCUT2D eigenvalue weighted by molar-refractivity contribution is 5.95. The van der Waals surface area contributed by atoms with Gasteiger partial charge in [-0.25, -0.2) is 0 Å². The summed E-state index contributed by atoms with van der Waals surface area (Å²) >= 11 is 0. The molecule has 0 bridgehead atoms. The minimum atomic E-state index is -0.710. The zero-order valence-corrected chi connectivity index (χ0v) is 13.0. The third-order valence-electron chi connectivity index (χ3n) is 4.99. The molecule has 2 fully saturated rings. The number of carbonyl (C=O) groups excluding carboxylic acids is 2. The highest BCUT2D eigenvalue weighted by atomic mass is 16.4. The van der Waals surface area contributed by atoms with Crippen LogP contribution in [0.15, 0.2) is 24.3 Å². The van der Waals surface area contributed by atoms with Gasteiger partial charge in [0, 0.05) is 31.3 Å². The van der Waals surface area contributed by atoms with E-state index in [9.17, 15) is 14.4 Å². The van der Waals surface area contributed by atoms with Gasteiger partial charge in [0.05, 0.1) is 5.92 Å². The molecule has 0 aromatic heterocycles. The van der Waals surface area contributed by atoms with Crippen LogP contribution in [0.2, 0.25) is 0 Å². The van der Waals surface area contributed by atoms with Crippen LogP contribution >= 0.6 is 0 Å². The van der Waals surface area contributed by atoms with Crippen LogP contribution in [0.3, 0.4) is 0 Å². The average Bonchev–Trinajstić information content (AvgIpc) is 3.22. The summed E-state index contributed by atoms with van der Waals surface area (Å²) in [5, 5.41) is 11.8. The molecule has 2 aliphatic rings. The molecule has 1 aromatic carbocycles. The number of piperidine rings is 1. The van der Waals surface area contributed by atoms with E-state index in [0.717, 1.165) is 19.3 Å². The van der Waals surface area contributed by atoms with Gasteiger partial charge in [0.1, 0.15) is 0 Å². The predicted molar refractivity (Wildman–Crippen MR) is 84.1 cm³/mol. The lowest BCUT2D eigenvalue weighted by Gasteiger charge is -2.32. The lowest BCUT2D eigenvalue weighted by molar-refractivity contribution is -0.139. The van der Waals surface area contributed by atoms with E-state index >= 15 is 0 Å². The van der Waals surface area contributed by atoms with Crippen LogP contribution in [0.5, 0.6) is 0 Å². The van der Waals surface area contributed by atoms with Crippen molar-refractivity contribution in [3.8, 4) is 0 Å². The standard InChI is InChI=1S/C17H20N2O4/c1-11(20)18-13-4-2-12(3-5-13)15(21)19-8-6-17(7-9-19)10-14(17)16(22)23/h2-5,14H,6-10H2,1H3,(H,18,20)(H,22,23). The summed E-state index contributed by atoms with van der Waals surface area (Å²) in [6.45, 7) is 2.65. The van der Waals surface area contributed by atoms with E-state index in [0.29, 0.717) is 24.3 Å². The molecule has 6 nitrogen and oxygen atoms in total. The molecule has 122 valence electrons. The largest absolute Gasteiger partial charge is 0.481 e. The molecular weight excluding hydrogens is 296 g/mol. The molecule has 1 aromatic rings. The minimum Gasteiger partial charge on any atom is -0.481 e. The molecule has 0 radical (unpaired) electrons. The van der Waals surface area contributed by atoms with Gasteiger partial charge in [-0.05, 0) is 48.9 Å². The number of nitrogens with zero attached hydrogens (tertiary/aromatic N) is 1. The third-order valence-corrected chi connectivity index (χ3v) is 4.99. The Kier molecular flexibility index (Phi) is 3.83. The fourth-order valence-electron chi connectivity index (χ4n) is 3.49. The maximum Gasteiger partial charge on any atom is 0.307 e. The van der Waals surface area contributed by atoms with Crippen LogP contribution in [-0.2, 0) is 9.59 Å². The van der Waals surface area contributed by atoms with Gasteiger partial charge in [0.15, 0.2) is 0 Å². The number of carboxylic acids is 1. The summed E-state index contributed by atoms with van der Waals surface area (Å²) < 4.78 is 0. The smallest absolute Gasteiger partial charge is 0.307 e. The lowest BCUT2D eigenvalue weighted by Crippen LogP contribution is -2.40. The first-order chi connectivity index (χ1) is 10.9. The summed E-state index contributed by atoms with van der Waals surface area (Å²) in [6, 6.07) is 6.83. The van der Waals surface area contributed by atoms with E-state index in [2.05, 4.69) is 5.32 Å². The maximum atomic E-state index is 12.5. The van der Waals surface area contributed by atoms with Crippen molar-refractivity contribution < 1.29 is 19.5 Å². The first-order valence-electron chi connectivity index (χ1n) is 7.81. The van der Waals surface area contributed by atoms with E-state index in [1.165, 1.54) is 6.92 Å². The van der Waals surface area contributed by atoms with Crippen LogP contribution in [0.25, 0.3) is 0 Å². The molecule has 2 N–H and O–H groups in total. The van der Waals surface area contributed by atoms with Crippen LogP contribution in [0, 0.1) is 11.3 Å². The number of hydrogen-bond donors (Lipinski definition) is 2. The molecule has 3 rings (SSSR count). The number of carbonyl (C=O) groups is 3. The molecule has 1 spiro atoms. The van der Waals surface area contributed by atoms with E-state index in [4.69, 9.17) is 5.11 Å². The van der Waals surface area contributed by atoms with Crippen molar-refractivity contribution in [2.24, 2.45) is 11.3 Å².